The molecule has 0 atom stereocenters. The van der Waals surface area contributed by atoms with E-state index in [-0.39, 0.29) is 0 Å². The van der Waals surface area contributed by atoms with Gasteiger partial charge in [-0.05, 0) is 51.4 Å². The van der Waals surface area contributed by atoms with Crippen LogP contribution in [0.5, 0.6) is 0 Å². The lowest BCUT2D eigenvalue weighted by molar-refractivity contribution is 0.627. The number of rotatable bonds is 7. The van der Waals surface area contributed by atoms with Crippen LogP contribution in [-0.2, 0) is 6.42 Å². The van der Waals surface area contributed by atoms with Gasteiger partial charge in [-0.2, -0.15) is 0 Å². The highest BCUT2D eigenvalue weighted by molar-refractivity contribution is 5.22. The third kappa shape index (κ3) is 5.55. The highest BCUT2D eigenvalue weighted by Gasteiger charge is 1.93. The zero-order valence-electron chi connectivity index (χ0n) is 9.63. The summed E-state index contributed by atoms with van der Waals surface area (Å²) in [4.78, 5) is 0. The van der Waals surface area contributed by atoms with Crippen LogP contribution < -0.4 is 11.1 Å². The predicted octanol–water partition coefficient (Wildman–Crippen LogP) is 1.87. The fourth-order valence-electron chi connectivity index (χ4n) is 1.62. The second-order valence-corrected chi connectivity index (χ2v) is 3.98. The lowest BCUT2D eigenvalue weighted by atomic mass is 10.1. The van der Waals surface area contributed by atoms with E-state index >= 15 is 0 Å². The molecule has 2 nitrogen and oxygen atoms in total. The molecule has 0 amide bonds. The minimum Gasteiger partial charge on any atom is -0.330 e. The highest BCUT2D eigenvalue weighted by Crippen LogP contribution is 2.03. The number of aryl methyl sites for hydroxylation is 1. The van der Waals surface area contributed by atoms with Crippen molar-refractivity contribution in [1.82, 2.24) is 5.32 Å². The van der Waals surface area contributed by atoms with Gasteiger partial charge >= 0.3 is 0 Å². The first-order chi connectivity index (χ1) is 7.33. The Bertz CT molecular complexity index is 271. The summed E-state index contributed by atoms with van der Waals surface area (Å²) in [5.41, 5.74) is 8.18. The van der Waals surface area contributed by atoms with Crippen LogP contribution in [0.15, 0.2) is 24.3 Å². The first-order valence-corrected chi connectivity index (χ1v) is 5.79. The minimum atomic E-state index is 0.805. The largest absolute Gasteiger partial charge is 0.330 e. The Balaban J connectivity index is 2.10. The van der Waals surface area contributed by atoms with Crippen molar-refractivity contribution in [2.45, 2.75) is 26.2 Å². The summed E-state index contributed by atoms with van der Waals surface area (Å²) in [6.07, 6.45) is 3.42. The molecule has 0 heterocycles. The Hall–Kier alpha value is -0.860. The maximum absolute atomic E-state index is 5.42. The van der Waals surface area contributed by atoms with Gasteiger partial charge in [0.05, 0.1) is 0 Å². The average molecular weight is 206 g/mol. The predicted molar refractivity (Wildman–Crippen MR) is 66.0 cm³/mol. The van der Waals surface area contributed by atoms with Crippen molar-refractivity contribution < 1.29 is 0 Å². The Labute approximate surface area is 92.9 Å². The van der Waals surface area contributed by atoms with E-state index in [9.17, 15) is 0 Å². The van der Waals surface area contributed by atoms with Gasteiger partial charge in [-0.25, -0.2) is 0 Å². The lowest BCUT2D eigenvalue weighted by Gasteiger charge is -2.05. The highest BCUT2D eigenvalue weighted by atomic mass is 14.8. The lowest BCUT2D eigenvalue weighted by Crippen LogP contribution is -2.19. The fourth-order valence-corrected chi connectivity index (χ4v) is 1.62. The zero-order chi connectivity index (χ0) is 10.9. The number of benzene rings is 1. The summed E-state index contributed by atoms with van der Waals surface area (Å²) in [6.45, 7) is 5.09. The summed E-state index contributed by atoms with van der Waals surface area (Å²) in [5.74, 6) is 0. The van der Waals surface area contributed by atoms with Gasteiger partial charge in [-0.15, -0.1) is 0 Å². The quantitative estimate of drug-likeness (QED) is 0.668. The van der Waals surface area contributed by atoms with E-state index in [1.165, 1.54) is 17.5 Å². The third-order valence-electron chi connectivity index (χ3n) is 2.48. The van der Waals surface area contributed by atoms with Gasteiger partial charge in [0.2, 0.25) is 0 Å². The molecule has 0 aliphatic carbocycles. The summed E-state index contributed by atoms with van der Waals surface area (Å²) in [7, 11) is 0. The van der Waals surface area contributed by atoms with Gasteiger partial charge in [-0.1, -0.05) is 29.8 Å². The Morgan fingerprint density at radius 1 is 1.20 bits per heavy atom. The second kappa shape index (κ2) is 7.43. The Morgan fingerprint density at radius 3 is 2.80 bits per heavy atom. The normalized spacial score (nSPS) is 10.5. The van der Waals surface area contributed by atoms with E-state index in [4.69, 9.17) is 5.73 Å². The van der Waals surface area contributed by atoms with Crippen molar-refractivity contribution >= 4 is 0 Å². The first kappa shape index (κ1) is 12.2. The summed E-state index contributed by atoms with van der Waals surface area (Å²) >= 11 is 0. The van der Waals surface area contributed by atoms with Crippen LogP contribution in [0, 0.1) is 6.92 Å². The molecule has 0 aliphatic rings. The standard InChI is InChI=1S/C13H22N2/c1-12-5-4-6-13(11-12)7-10-15-9-3-2-8-14/h4-6,11,15H,2-3,7-10,14H2,1H3. The van der Waals surface area contributed by atoms with Crippen molar-refractivity contribution in [3.05, 3.63) is 35.4 Å². The maximum Gasteiger partial charge on any atom is -0.000835 e. The number of hydrogen-bond acceptors (Lipinski definition) is 2. The van der Waals surface area contributed by atoms with Crippen LogP contribution in [0.3, 0.4) is 0 Å². The van der Waals surface area contributed by atoms with E-state index in [0.29, 0.717) is 0 Å². The second-order valence-electron chi connectivity index (χ2n) is 3.98. The zero-order valence-corrected chi connectivity index (χ0v) is 9.63. The molecule has 0 aromatic heterocycles. The molecule has 0 saturated heterocycles. The molecule has 84 valence electrons. The summed E-state index contributed by atoms with van der Waals surface area (Å²) < 4.78 is 0. The van der Waals surface area contributed by atoms with Crippen LogP contribution in [0.2, 0.25) is 0 Å². The molecule has 1 rings (SSSR count). The molecule has 0 bridgehead atoms. The van der Waals surface area contributed by atoms with Gasteiger partial charge in [0, 0.05) is 0 Å². The van der Waals surface area contributed by atoms with Crippen molar-refractivity contribution in [3.63, 3.8) is 0 Å². The van der Waals surface area contributed by atoms with Crippen molar-refractivity contribution in [2.24, 2.45) is 5.73 Å². The first-order valence-electron chi connectivity index (χ1n) is 5.79. The molecule has 1 aromatic carbocycles. The smallest absolute Gasteiger partial charge is 0.000835 e. The monoisotopic (exact) mass is 206 g/mol. The van der Waals surface area contributed by atoms with E-state index in [2.05, 4.69) is 36.5 Å². The van der Waals surface area contributed by atoms with Crippen molar-refractivity contribution in [1.29, 1.82) is 0 Å². The van der Waals surface area contributed by atoms with Gasteiger partial charge in [0.1, 0.15) is 0 Å². The van der Waals surface area contributed by atoms with Crippen LogP contribution in [-0.4, -0.2) is 19.6 Å². The molecule has 0 saturated carbocycles. The molecule has 0 fully saturated rings. The molecule has 0 spiro atoms. The van der Waals surface area contributed by atoms with E-state index in [1.807, 2.05) is 0 Å². The fraction of sp³-hybridized carbons (Fsp3) is 0.538. The molecule has 1 aromatic rings. The molecule has 0 aliphatic heterocycles. The van der Waals surface area contributed by atoms with Crippen molar-refractivity contribution in [2.75, 3.05) is 19.6 Å². The molecule has 0 radical (unpaired) electrons. The van der Waals surface area contributed by atoms with Gasteiger partial charge in [0.15, 0.2) is 0 Å². The van der Waals surface area contributed by atoms with Crippen LogP contribution in [0.1, 0.15) is 24.0 Å². The summed E-state index contributed by atoms with van der Waals surface area (Å²) in [6, 6.07) is 8.70. The van der Waals surface area contributed by atoms with Crippen LogP contribution >= 0.6 is 0 Å². The molecule has 0 unspecified atom stereocenters. The molecule has 15 heavy (non-hydrogen) atoms. The van der Waals surface area contributed by atoms with Gasteiger partial charge in [0.25, 0.3) is 0 Å². The molecule has 3 N–H and O–H groups in total. The number of nitrogens with two attached hydrogens (primary N) is 1. The van der Waals surface area contributed by atoms with Crippen LogP contribution in [0.25, 0.3) is 0 Å². The van der Waals surface area contributed by atoms with E-state index < -0.39 is 0 Å². The topological polar surface area (TPSA) is 38.0 Å². The van der Waals surface area contributed by atoms with Crippen LogP contribution in [0.4, 0.5) is 0 Å². The van der Waals surface area contributed by atoms with Gasteiger partial charge < -0.3 is 11.1 Å². The summed E-state index contributed by atoms with van der Waals surface area (Å²) in [5, 5.41) is 3.43. The van der Waals surface area contributed by atoms with Crippen molar-refractivity contribution in [3.8, 4) is 0 Å². The third-order valence-corrected chi connectivity index (χ3v) is 2.48. The SMILES string of the molecule is Cc1cccc(CCNCCCCN)c1. The van der Waals surface area contributed by atoms with Gasteiger partial charge in [-0.3, -0.25) is 0 Å². The Morgan fingerprint density at radius 2 is 2.07 bits per heavy atom. The Kier molecular flexibility index (Phi) is 6.05. The average Bonchev–Trinajstić information content (AvgIpc) is 2.23. The molecular weight excluding hydrogens is 184 g/mol. The molecular formula is C13H22N2. The van der Waals surface area contributed by atoms with E-state index in [0.717, 1.165) is 32.5 Å². The minimum absolute atomic E-state index is 0.805. The maximum atomic E-state index is 5.42. The van der Waals surface area contributed by atoms with E-state index in [1.54, 1.807) is 0 Å². The number of nitrogens with one attached hydrogen (secondary N) is 1. The molecule has 2 heteroatoms. The number of hydrogen-bond donors (Lipinski definition) is 2. The number of unbranched alkanes of at least 4 members (excludes halogenated alkanes) is 1.